The number of aliphatic carboxylic acids is 1. The van der Waals surface area contributed by atoms with Gasteiger partial charge in [-0.1, -0.05) is 43.5 Å². The summed E-state index contributed by atoms with van der Waals surface area (Å²) in [5, 5.41) is 11.8. The second kappa shape index (κ2) is 9.44. The van der Waals surface area contributed by atoms with Crippen LogP contribution in [0.2, 0.25) is 0 Å². The van der Waals surface area contributed by atoms with Gasteiger partial charge in [-0.05, 0) is 30.4 Å². The molecule has 6 nitrogen and oxygen atoms in total. The quantitative estimate of drug-likeness (QED) is 0.748. The average molecular weight is 374 g/mol. The molecule has 2 aliphatic heterocycles. The van der Waals surface area contributed by atoms with Crippen LogP contribution >= 0.6 is 0 Å². The van der Waals surface area contributed by atoms with Crippen molar-refractivity contribution in [2.45, 2.75) is 69.7 Å². The number of ether oxygens (including phenoxy) is 1. The molecule has 2 fully saturated rings. The van der Waals surface area contributed by atoms with Crippen molar-refractivity contribution < 1.29 is 19.4 Å². The van der Waals surface area contributed by atoms with Crippen LogP contribution in [0, 0.1) is 5.92 Å². The number of carboxylic acids is 1. The summed E-state index contributed by atoms with van der Waals surface area (Å²) in [7, 11) is 0. The van der Waals surface area contributed by atoms with Crippen LogP contribution in [-0.4, -0.2) is 41.6 Å². The maximum absolute atomic E-state index is 12.4. The number of Topliss-reactive ketones (excluding diaryl/α,β-unsaturated/α-hetero) is 1. The van der Waals surface area contributed by atoms with Gasteiger partial charge >= 0.3 is 5.97 Å². The van der Waals surface area contributed by atoms with Crippen molar-refractivity contribution in [2.24, 2.45) is 11.7 Å². The maximum atomic E-state index is 12.4. The third-order valence-electron chi connectivity index (χ3n) is 5.76. The summed E-state index contributed by atoms with van der Waals surface area (Å²) in [5.41, 5.74) is 7.91. The number of nitrogens with one attached hydrogen (secondary N) is 1. The minimum Gasteiger partial charge on any atom is -0.480 e. The SMILES string of the molecule is NC1CCCCC1.O=C(C1CN[C@H](C(=O)O)C1)C1Cc2ccccc2CO1. The molecule has 4 rings (SSSR count). The number of carbonyl (C=O) groups is 2. The van der Waals surface area contributed by atoms with E-state index in [1.165, 1.54) is 32.1 Å². The number of hydrogen-bond donors (Lipinski definition) is 3. The lowest BCUT2D eigenvalue weighted by atomic mass is 9.90. The van der Waals surface area contributed by atoms with Crippen LogP contribution in [0.4, 0.5) is 0 Å². The predicted molar refractivity (Wildman–Crippen MR) is 102 cm³/mol. The minimum absolute atomic E-state index is 0.0238. The van der Waals surface area contributed by atoms with Crippen molar-refractivity contribution in [3.05, 3.63) is 35.4 Å². The molecule has 4 N–H and O–H groups in total. The van der Waals surface area contributed by atoms with E-state index in [-0.39, 0.29) is 11.7 Å². The van der Waals surface area contributed by atoms with Crippen LogP contribution in [0.3, 0.4) is 0 Å². The van der Waals surface area contributed by atoms with Gasteiger partial charge in [0.2, 0.25) is 0 Å². The van der Waals surface area contributed by atoms with Crippen LogP contribution < -0.4 is 11.1 Å². The first-order chi connectivity index (χ1) is 13.0. The van der Waals surface area contributed by atoms with Gasteiger partial charge in [0, 0.05) is 24.9 Å². The number of fused-ring (bicyclic) bond motifs is 1. The molecule has 2 unspecified atom stereocenters. The summed E-state index contributed by atoms with van der Waals surface area (Å²) >= 11 is 0. The van der Waals surface area contributed by atoms with Crippen molar-refractivity contribution in [1.82, 2.24) is 5.32 Å². The van der Waals surface area contributed by atoms with E-state index < -0.39 is 18.1 Å². The third kappa shape index (κ3) is 5.37. The molecule has 27 heavy (non-hydrogen) atoms. The Hall–Kier alpha value is -1.76. The van der Waals surface area contributed by atoms with Gasteiger partial charge in [0.05, 0.1) is 6.61 Å². The summed E-state index contributed by atoms with van der Waals surface area (Å²) in [5.74, 6) is -1.13. The molecule has 148 valence electrons. The lowest BCUT2D eigenvalue weighted by molar-refractivity contribution is -0.139. The Morgan fingerprint density at radius 1 is 1.11 bits per heavy atom. The average Bonchev–Trinajstić information content (AvgIpc) is 3.19. The van der Waals surface area contributed by atoms with E-state index in [1.54, 1.807) is 0 Å². The molecule has 1 saturated carbocycles. The molecule has 6 heteroatoms. The van der Waals surface area contributed by atoms with Crippen molar-refractivity contribution in [1.29, 1.82) is 0 Å². The smallest absolute Gasteiger partial charge is 0.320 e. The lowest BCUT2D eigenvalue weighted by Gasteiger charge is -2.26. The van der Waals surface area contributed by atoms with Crippen molar-refractivity contribution in [3.8, 4) is 0 Å². The monoisotopic (exact) mass is 374 g/mol. The molecule has 2 heterocycles. The molecule has 0 spiro atoms. The number of nitrogens with two attached hydrogens (primary N) is 1. The molecule has 1 aliphatic carbocycles. The van der Waals surface area contributed by atoms with Crippen LogP contribution in [0.5, 0.6) is 0 Å². The summed E-state index contributed by atoms with van der Waals surface area (Å²) in [6, 6.07) is 7.87. The van der Waals surface area contributed by atoms with E-state index in [9.17, 15) is 9.59 Å². The second-order valence-electron chi connectivity index (χ2n) is 7.80. The Labute approximate surface area is 160 Å². The second-order valence-corrected chi connectivity index (χ2v) is 7.80. The summed E-state index contributed by atoms with van der Waals surface area (Å²) in [6.45, 7) is 0.881. The highest BCUT2D eigenvalue weighted by Crippen LogP contribution is 2.25. The molecule has 0 aromatic heterocycles. The summed E-state index contributed by atoms with van der Waals surface area (Å²) < 4.78 is 5.65. The zero-order valence-corrected chi connectivity index (χ0v) is 15.7. The standard InChI is InChI=1S/C15H17NO4.C6H13N/c17-14(11-5-12(15(18)19)16-7-11)13-6-9-3-1-2-4-10(9)8-20-13;7-6-4-2-1-3-5-6/h1-4,11-13,16H,5-8H2,(H,18,19);6H,1-5,7H2/t11?,12-,13?;/m0./s1. The van der Waals surface area contributed by atoms with E-state index >= 15 is 0 Å². The number of carbonyl (C=O) groups excluding carboxylic acids is 1. The van der Waals surface area contributed by atoms with Gasteiger partial charge in [-0.3, -0.25) is 9.59 Å². The molecular weight excluding hydrogens is 344 g/mol. The Morgan fingerprint density at radius 2 is 1.81 bits per heavy atom. The molecular formula is C21H30N2O4. The van der Waals surface area contributed by atoms with Crippen molar-refractivity contribution >= 4 is 11.8 Å². The maximum Gasteiger partial charge on any atom is 0.320 e. The highest BCUT2D eigenvalue weighted by Gasteiger charge is 2.37. The lowest BCUT2D eigenvalue weighted by Crippen LogP contribution is -2.36. The van der Waals surface area contributed by atoms with Crippen molar-refractivity contribution in [2.75, 3.05) is 6.54 Å². The molecule has 3 atom stereocenters. The number of hydrogen-bond acceptors (Lipinski definition) is 5. The number of rotatable bonds is 3. The molecule has 0 radical (unpaired) electrons. The minimum atomic E-state index is -0.893. The van der Waals surface area contributed by atoms with Gasteiger partial charge in [-0.2, -0.15) is 0 Å². The Bertz CT molecular complexity index is 657. The molecule has 0 bridgehead atoms. The highest BCUT2D eigenvalue weighted by molar-refractivity contribution is 5.88. The topological polar surface area (TPSA) is 102 Å². The zero-order chi connectivity index (χ0) is 19.2. The number of ketones is 1. The van der Waals surface area contributed by atoms with Crippen molar-refractivity contribution in [3.63, 3.8) is 0 Å². The highest BCUT2D eigenvalue weighted by atomic mass is 16.5. The van der Waals surface area contributed by atoms with Gasteiger partial charge in [0.15, 0.2) is 5.78 Å². The summed E-state index contributed by atoms with van der Waals surface area (Å²) in [6.07, 6.45) is 7.17. The van der Waals surface area contributed by atoms with E-state index in [0.717, 1.165) is 11.1 Å². The van der Waals surface area contributed by atoms with Gasteiger partial charge in [0.25, 0.3) is 0 Å². The largest absolute Gasteiger partial charge is 0.480 e. The fourth-order valence-electron chi connectivity index (χ4n) is 4.07. The van der Waals surface area contributed by atoms with Crippen LogP contribution in [0.1, 0.15) is 49.7 Å². The Balaban J connectivity index is 0.000000253. The Morgan fingerprint density at radius 3 is 2.41 bits per heavy atom. The fraction of sp³-hybridized carbons (Fsp3) is 0.619. The van der Waals surface area contributed by atoms with Gasteiger partial charge in [-0.15, -0.1) is 0 Å². The normalized spacial score (nSPS) is 28.0. The number of carboxylic acid groups (broad SMARTS) is 1. The zero-order valence-electron chi connectivity index (χ0n) is 15.7. The first kappa shape index (κ1) is 20.0. The molecule has 1 aromatic rings. The third-order valence-corrected chi connectivity index (χ3v) is 5.76. The number of benzene rings is 1. The van der Waals surface area contributed by atoms with Gasteiger partial charge in [0.1, 0.15) is 12.1 Å². The van der Waals surface area contributed by atoms with Crippen LogP contribution in [-0.2, 0) is 27.4 Å². The predicted octanol–water partition coefficient (Wildman–Crippen LogP) is 2.04. The molecule has 3 aliphatic rings. The van der Waals surface area contributed by atoms with E-state index in [0.29, 0.717) is 32.0 Å². The summed E-state index contributed by atoms with van der Waals surface area (Å²) in [4.78, 5) is 23.3. The Kier molecular flexibility index (Phi) is 6.99. The van der Waals surface area contributed by atoms with Gasteiger partial charge < -0.3 is 20.9 Å². The van der Waals surface area contributed by atoms with E-state index in [2.05, 4.69) is 5.32 Å². The molecule has 1 saturated heterocycles. The van der Waals surface area contributed by atoms with Gasteiger partial charge in [-0.25, -0.2) is 0 Å². The van der Waals surface area contributed by atoms with Crippen LogP contribution in [0.25, 0.3) is 0 Å². The fourth-order valence-corrected chi connectivity index (χ4v) is 4.07. The van der Waals surface area contributed by atoms with E-state index in [4.69, 9.17) is 15.6 Å². The van der Waals surface area contributed by atoms with E-state index in [1.807, 2.05) is 24.3 Å². The van der Waals surface area contributed by atoms with Crippen LogP contribution in [0.15, 0.2) is 24.3 Å². The molecule has 0 amide bonds. The first-order valence-electron chi connectivity index (χ1n) is 9.98. The molecule has 1 aromatic carbocycles. The first-order valence-corrected chi connectivity index (χ1v) is 9.98.